The van der Waals surface area contributed by atoms with E-state index in [0.29, 0.717) is 23.6 Å². The highest BCUT2D eigenvalue weighted by Gasteiger charge is 2.47. The Bertz CT molecular complexity index is 1440. The summed E-state index contributed by atoms with van der Waals surface area (Å²) in [6.07, 6.45) is 0.00116. The number of hydrogen-bond acceptors (Lipinski definition) is 5. The number of anilines is 1. The number of hydrogen-bond donors (Lipinski definition) is 1. The Labute approximate surface area is 243 Å². The first-order valence-electron chi connectivity index (χ1n) is 14.3. The molecule has 1 atom stereocenters. The molecule has 0 aromatic heterocycles. The van der Waals surface area contributed by atoms with Gasteiger partial charge in [0.15, 0.2) is 0 Å². The van der Waals surface area contributed by atoms with E-state index < -0.39 is 17.7 Å². The van der Waals surface area contributed by atoms with Gasteiger partial charge in [-0.2, -0.15) is 0 Å². The molecule has 1 aliphatic heterocycles. The van der Waals surface area contributed by atoms with Gasteiger partial charge in [0, 0.05) is 11.3 Å². The molecule has 1 fully saturated rings. The summed E-state index contributed by atoms with van der Waals surface area (Å²) in [5.41, 5.74) is 3.77. The van der Waals surface area contributed by atoms with Gasteiger partial charge in [0.05, 0.1) is 24.3 Å². The number of carbonyl (C=O) groups excluding carboxylic acids is 2. The van der Waals surface area contributed by atoms with E-state index >= 15 is 0 Å². The third kappa shape index (κ3) is 6.17. The van der Waals surface area contributed by atoms with Crippen molar-refractivity contribution in [3.63, 3.8) is 0 Å². The molecule has 3 aromatic carbocycles. The number of Topliss-reactive ketones (excluding diaryl/α,β-unsaturated/α-hetero) is 1. The van der Waals surface area contributed by atoms with E-state index in [1.807, 2.05) is 71.0 Å². The van der Waals surface area contributed by atoms with E-state index in [1.54, 1.807) is 30.3 Å². The van der Waals surface area contributed by atoms with Crippen LogP contribution in [0.2, 0.25) is 0 Å². The van der Waals surface area contributed by atoms with Crippen molar-refractivity contribution in [1.82, 2.24) is 0 Å². The molecule has 0 saturated carbocycles. The van der Waals surface area contributed by atoms with Crippen LogP contribution in [0.1, 0.15) is 89.6 Å². The van der Waals surface area contributed by atoms with Crippen LogP contribution in [0.5, 0.6) is 11.5 Å². The maximum absolute atomic E-state index is 13.7. The highest BCUT2D eigenvalue weighted by atomic mass is 16.5. The molecular weight excluding hydrogens is 514 g/mol. The second-order valence-electron chi connectivity index (χ2n) is 12.0. The Morgan fingerprint density at radius 1 is 0.927 bits per heavy atom. The maximum atomic E-state index is 13.7. The first-order chi connectivity index (χ1) is 19.3. The SMILES string of the molecule is CCOc1ccc(/C(O)=C2/C(=O)C(=O)N(c3ccc(OC(C)C)cc3)C2c2ccc(C(C)(C)C)cc2)cc1C(C)C. The van der Waals surface area contributed by atoms with Crippen LogP contribution >= 0.6 is 0 Å². The molecule has 1 amide bonds. The van der Waals surface area contributed by atoms with Crippen molar-refractivity contribution in [2.24, 2.45) is 0 Å². The summed E-state index contributed by atoms with van der Waals surface area (Å²) < 4.78 is 11.6. The molecule has 41 heavy (non-hydrogen) atoms. The lowest BCUT2D eigenvalue weighted by Gasteiger charge is -2.27. The van der Waals surface area contributed by atoms with Gasteiger partial charge in [-0.1, -0.05) is 58.9 Å². The molecule has 0 radical (unpaired) electrons. The monoisotopic (exact) mass is 555 g/mol. The number of ether oxygens (including phenoxy) is 2. The van der Waals surface area contributed by atoms with Gasteiger partial charge >= 0.3 is 0 Å². The number of ketones is 1. The third-order valence-corrected chi connectivity index (χ3v) is 7.23. The topological polar surface area (TPSA) is 76.1 Å². The van der Waals surface area contributed by atoms with Gasteiger partial charge in [0.1, 0.15) is 17.3 Å². The smallest absolute Gasteiger partial charge is 0.300 e. The highest BCUT2D eigenvalue weighted by molar-refractivity contribution is 6.51. The van der Waals surface area contributed by atoms with Gasteiger partial charge in [-0.25, -0.2) is 0 Å². The summed E-state index contributed by atoms with van der Waals surface area (Å²) in [5, 5.41) is 11.7. The molecule has 6 heteroatoms. The Hall–Kier alpha value is -4.06. The van der Waals surface area contributed by atoms with Crippen molar-refractivity contribution < 1.29 is 24.2 Å². The number of aliphatic hydroxyl groups excluding tert-OH is 1. The Kier molecular flexibility index (Phi) is 8.62. The Morgan fingerprint density at radius 3 is 2.10 bits per heavy atom. The third-order valence-electron chi connectivity index (χ3n) is 7.23. The summed E-state index contributed by atoms with van der Waals surface area (Å²) in [6, 6.07) is 19.6. The van der Waals surface area contributed by atoms with Crippen LogP contribution in [-0.2, 0) is 15.0 Å². The van der Waals surface area contributed by atoms with E-state index in [2.05, 4.69) is 20.8 Å². The zero-order valence-electron chi connectivity index (χ0n) is 25.3. The average molecular weight is 556 g/mol. The second kappa shape index (κ2) is 11.8. The van der Waals surface area contributed by atoms with Gasteiger partial charge in [0.25, 0.3) is 11.7 Å². The average Bonchev–Trinajstić information content (AvgIpc) is 3.18. The number of amides is 1. The summed E-state index contributed by atoms with van der Waals surface area (Å²) in [6.45, 7) is 16.8. The molecule has 1 heterocycles. The zero-order valence-corrected chi connectivity index (χ0v) is 25.3. The minimum atomic E-state index is -0.810. The first-order valence-corrected chi connectivity index (χ1v) is 14.3. The quantitative estimate of drug-likeness (QED) is 0.174. The molecule has 0 bridgehead atoms. The van der Waals surface area contributed by atoms with Crippen LogP contribution in [0.15, 0.2) is 72.3 Å². The lowest BCUT2D eigenvalue weighted by molar-refractivity contribution is -0.132. The van der Waals surface area contributed by atoms with Crippen molar-refractivity contribution >= 4 is 23.1 Å². The Balaban J connectivity index is 1.89. The van der Waals surface area contributed by atoms with Crippen LogP contribution in [-0.4, -0.2) is 29.5 Å². The number of carbonyl (C=O) groups is 2. The molecule has 0 aliphatic carbocycles. The number of rotatable bonds is 8. The lowest BCUT2D eigenvalue weighted by atomic mass is 9.85. The molecule has 1 aliphatic rings. The van der Waals surface area contributed by atoms with Crippen LogP contribution in [0.3, 0.4) is 0 Å². The number of aliphatic hydroxyl groups is 1. The van der Waals surface area contributed by atoms with E-state index in [-0.39, 0.29) is 28.8 Å². The van der Waals surface area contributed by atoms with Crippen molar-refractivity contribution in [2.75, 3.05) is 11.5 Å². The fourth-order valence-corrected chi connectivity index (χ4v) is 5.13. The van der Waals surface area contributed by atoms with Crippen LogP contribution < -0.4 is 14.4 Å². The minimum absolute atomic E-state index is 0.00116. The second-order valence-corrected chi connectivity index (χ2v) is 12.0. The number of nitrogens with zero attached hydrogens (tertiary/aromatic N) is 1. The van der Waals surface area contributed by atoms with Gasteiger partial charge in [-0.15, -0.1) is 0 Å². The maximum Gasteiger partial charge on any atom is 0.300 e. The molecule has 1 N–H and O–H groups in total. The molecule has 3 aromatic rings. The highest BCUT2D eigenvalue weighted by Crippen LogP contribution is 2.43. The largest absolute Gasteiger partial charge is 0.507 e. The first kappa shape index (κ1) is 29.9. The summed E-state index contributed by atoms with van der Waals surface area (Å²) >= 11 is 0. The van der Waals surface area contributed by atoms with Crippen molar-refractivity contribution in [1.29, 1.82) is 0 Å². The number of benzene rings is 3. The van der Waals surface area contributed by atoms with Crippen molar-refractivity contribution in [2.45, 2.75) is 78.9 Å². The van der Waals surface area contributed by atoms with Crippen LogP contribution in [0, 0.1) is 0 Å². The van der Waals surface area contributed by atoms with Gasteiger partial charge in [0.2, 0.25) is 0 Å². The minimum Gasteiger partial charge on any atom is -0.507 e. The van der Waals surface area contributed by atoms with Gasteiger partial charge in [-0.05, 0) is 91.3 Å². The van der Waals surface area contributed by atoms with Crippen molar-refractivity contribution in [3.8, 4) is 11.5 Å². The molecule has 6 nitrogen and oxygen atoms in total. The molecule has 4 rings (SSSR count). The van der Waals surface area contributed by atoms with Crippen LogP contribution in [0.25, 0.3) is 5.76 Å². The summed E-state index contributed by atoms with van der Waals surface area (Å²) in [5.74, 6) is -0.0992. The van der Waals surface area contributed by atoms with Gasteiger partial charge < -0.3 is 14.6 Å². The fourth-order valence-electron chi connectivity index (χ4n) is 5.13. The lowest BCUT2D eigenvalue weighted by Crippen LogP contribution is -2.29. The molecule has 0 spiro atoms. The normalized spacial score (nSPS) is 17.0. The predicted octanol–water partition coefficient (Wildman–Crippen LogP) is 7.92. The molecular formula is C35H41NO5. The standard InChI is InChI=1S/C35H41NO5/c1-9-40-29-19-12-24(20-28(29)21(2)3)32(37)30-31(23-10-13-25(14-11-23)35(6,7)8)36(34(39)33(30)38)26-15-17-27(18-16-26)41-22(4)5/h10-22,31,37H,9H2,1-8H3/b32-30-. The summed E-state index contributed by atoms with van der Waals surface area (Å²) in [7, 11) is 0. The van der Waals surface area contributed by atoms with Gasteiger partial charge in [-0.3, -0.25) is 14.5 Å². The zero-order chi connectivity index (χ0) is 30.1. The van der Waals surface area contributed by atoms with E-state index in [1.165, 1.54) is 4.90 Å². The summed E-state index contributed by atoms with van der Waals surface area (Å²) in [4.78, 5) is 28.7. The fraction of sp³-hybridized carbons (Fsp3) is 0.371. The predicted molar refractivity (Wildman–Crippen MR) is 164 cm³/mol. The molecule has 1 saturated heterocycles. The van der Waals surface area contributed by atoms with E-state index in [0.717, 1.165) is 22.4 Å². The van der Waals surface area contributed by atoms with Crippen molar-refractivity contribution in [3.05, 3.63) is 94.6 Å². The Morgan fingerprint density at radius 2 is 1.56 bits per heavy atom. The molecule has 216 valence electrons. The van der Waals surface area contributed by atoms with E-state index in [4.69, 9.17) is 9.47 Å². The van der Waals surface area contributed by atoms with E-state index in [9.17, 15) is 14.7 Å². The van der Waals surface area contributed by atoms with Crippen LogP contribution in [0.4, 0.5) is 5.69 Å². The molecule has 1 unspecified atom stereocenters.